The van der Waals surface area contributed by atoms with Gasteiger partial charge >= 0.3 is 6.03 Å². The maximum Gasteiger partial charge on any atom is 0.318 e. The minimum Gasteiger partial charge on any atom is -0.331 e. The monoisotopic (exact) mass is 349 g/mol. The molecule has 0 saturated heterocycles. The van der Waals surface area contributed by atoms with Crippen LogP contribution in [0.15, 0.2) is 6.20 Å². The molecular formula is C17H27N5OS. The van der Waals surface area contributed by atoms with Crippen molar-refractivity contribution in [2.45, 2.75) is 53.1 Å². The molecule has 2 amide bonds. The molecular weight excluding hydrogens is 322 g/mol. The Morgan fingerprint density at radius 1 is 1.38 bits per heavy atom. The van der Waals surface area contributed by atoms with E-state index in [2.05, 4.69) is 22.3 Å². The molecule has 0 aromatic carbocycles. The highest BCUT2D eigenvalue weighted by Gasteiger charge is 2.23. The number of carbonyl (C=O) groups excluding carboxylic acids is 1. The molecule has 0 aliphatic heterocycles. The number of hydrogen-bond acceptors (Lipinski definition) is 4. The van der Waals surface area contributed by atoms with E-state index in [9.17, 15) is 4.79 Å². The molecule has 0 saturated carbocycles. The number of thiazole rings is 1. The van der Waals surface area contributed by atoms with Crippen LogP contribution in [0.2, 0.25) is 0 Å². The van der Waals surface area contributed by atoms with Crippen LogP contribution in [-0.2, 0) is 13.5 Å². The summed E-state index contributed by atoms with van der Waals surface area (Å²) in [5.41, 5.74) is 2.99. The summed E-state index contributed by atoms with van der Waals surface area (Å²) in [5, 5.41) is 8.51. The van der Waals surface area contributed by atoms with E-state index < -0.39 is 0 Å². The van der Waals surface area contributed by atoms with E-state index in [4.69, 9.17) is 0 Å². The fraction of sp³-hybridized carbons (Fsp3) is 0.588. The first-order valence-electron chi connectivity index (χ1n) is 8.24. The number of aryl methyl sites for hydroxylation is 4. The molecule has 0 aliphatic rings. The molecule has 6 nitrogen and oxygen atoms in total. The Bertz CT molecular complexity index is 721. The molecule has 0 bridgehead atoms. The summed E-state index contributed by atoms with van der Waals surface area (Å²) in [4.78, 5) is 20.1. The van der Waals surface area contributed by atoms with Gasteiger partial charge in [0.25, 0.3) is 0 Å². The van der Waals surface area contributed by atoms with Crippen molar-refractivity contribution in [2.24, 2.45) is 7.05 Å². The maximum absolute atomic E-state index is 12.6. The normalized spacial score (nSPS) is 13.6. The Hall–Kier alpha value is -1.89. The molecule has 7 heteroatoms. The van der Waals surface area contributed by atoms with Crippen molar-refractivity contribution >= 4 is 17.4 Å². The smallest absolute Gasteiger partial charge is 0.318 e. The molecule has 2 aromatic heterocycles. The van der Waals surface area contributed by atoms with Gasteiger partial charge in [-0.15, -0.1) is 11.3 Å². The fourth-order valence-electron chi connectivity index (χ4n) is 2.76. The van der Waals surface area contributed by atoms with Gasteiger partial charge in [-0.2, -0.15) is 5.10 Å². The Balaban J connectivity index is 2.08. The summed E-state index contributed by atoms with van der Waals surface area (Å²) in [5.74, 6) is 0. The Morgan fingerprint density at radius 2 is 2.04 bits per heavy atom. The van der Waals surface area contributed by atoms with Crippen LogP contribution in [0.25, 0.3) is 0 Å². The predicted octanol–water partition coefficient (Wildman–Crippen LogP) is 3.52. The Kier molecular flexibility index (Phi) is 5.64. The standard InChI is InChI=1S/C17H27N5OS/c1-8-15-18-12(4)16(24-15)13(5)22(7)17(23)19-10(2)14-9-21(6)20-11(14)3/h9-10,13H,8H2,1-7H3,(H,19,23)/t10-,13+/m1/s1. The summed E-state index contributed by atoms with van der Waals surface area (Å²) in [6.45, 7) is 10.1. The summed E-state index contributed by atoms with van der Waals surface area (Å²) < 4.78 is 1.77. The van der Waals surface area contributed by atoms with Crippen molar-refractivity contribution in [3.05, 3.63) is 33.0 Å². The quantitative estimate of drug-likeness (QED) is 0.898. The number of hydrogen-bond donors (Lipinski definition) is 1. The number of aromatic nitrogens is 3. The van der Waals surface area contributed by atoms with Crippen LogP contribution < -0.4 is 5.32 Å². The summed E-state index contributed by atoms with van der Waals surface area (Å²) in [6, 6.07) is -0.191. The zero-order valence-corrected chi connectivity index (χ0v) is 16.4. The molecule has 2 aromatic rings. The zero-order valence-electron chi connectivity index (χ0n) is 15.5. The molecule has 0 unspecified atom stereocenters. The van der Waals surface area contributed by atoms with E-state index in [1.807, 2.05) is 48.0 Å². The Labute approximate surface area is 147 Å². The lowest BCUT2D eigenvalue weighted by Gasteiger charge is -2.26. The minimum atomic E-state index is -0.0934. The Morgan fingerprint density at radius 3 is 2.54 bits per heavy atom. The molecule has 2 rings (SSSR count). The summed E-state index contributed by atoms with van der Waals surface area (Å²) in [6.07, 6.45) is 2.87. The first kappa shape index (κ1) is 18.4. The first-order chi connectivity index (χ1) is 11.2. The number of carbonyl (C=O) groups is 1. The number of rotatable bonds is 5. The predicted molar refractivity (Wildman–Crippen MR) is 97.3 cm³/mol. The molecule has 2 atom stereocenters. The van der Waals surface area contributed by atoms with E-state index in [1.54, 1.807) is 20.9 Å². The van der Waals surface area contributed by atoms with Crippen LogP contribution >= 0.6 is 11.3 Å². The highest BCUT2D eigenvalue weighted by atomic mass is 32.1. The summed E-state index contributed by atoms with van der Waals surface area (Å²) >= 11 is 1.69. The highest BCUT2D eigenvalue weighted by molar-refractivity contribution is 7.11. The van der Waals surface area contributed by atoms with E-state index in [0.29, 0.717) is 0 Å². The zero-order chi connectivity index (χ0) is 18.0. The molecule has 1 N–H and O–H groups in total. The molecule has 0 spiro atoms. The van der Waals surface area contributed by atoms with Crippen LogP contribution in [0.4, 0.5) is 4.79 Å². The van der Waals surface area contributed by atoms with Crippen LogP contribution in [0.3, 0.4) is 0 Å². The van der Waals surface area contributed by atoms with Gasteiger partial charge in [0.15, 0.2) is 0 Å². The minimum absolute atomic E-state index is 0.00926. The average molecular weight is 350 g/mol. The number of urea groups is 1. The van der Waals surface area contributed by atoms with Crippen molar-refractivity contribution in [1.29, 1.82) is 0 Å². The molecule has 0 radical (unpaired) electrons. The van der Waals surface area contributed by atoms with Gasteiger partial charge < -0.3 is 10.2 Å². The van der Waals surface area contributed by atoms with Gasteiger partial charge in [-0.05, 0) is 34.1 Å². The van der Waals surface area contributed by atoms with Crippen molar-refractivity contribution in [1.82, 2.24) is 25.0 Å². The largest absolute Gasteiger partial charge is 0.331 e. The molecule has 132 valence electrons. The van der Waals surface area contributed by atoms with Crippen LogP contribution in [-0.4, -0.2) is 32.7 Å². The third kappa shape index (κ3) is 3.77. The van der Waals surface area contributed by atoms with Crippen molar-refractivity contribution < 1.29 is 4.79 Å². The van der Waals surface area contributed by atoms with E-state index in [1.165, 1.54) is 0 Å². The van der Waals surface area contributed by atoms with Crippen molar-refractivity contribution in [2.75, 3.05) is 7.05 Å². The van der Waals surface area contributed by atoms with Gasteiger partial charge in [-0.1, -0.05) is 6.92 Å². The van der Waals surface area contributed by atoms with Gasteiger partial charge in [0.1, 0.15) is 0 Å². The van der Waals surface area contributed by atoms with Gasteiger partial charge in [0.05, 0.1) is 28.5 Å². The van der Waals surface area contributed by atoms with Crippen LogP contribution in [0, 0.1) is 13.8 Å². The number of amides is 2. The lowest BCUT2D eigenvalue weighted by atomic mass is 10.1. The molecule has 0 aliphatic carbocycles. The van der Waals surface area contributed by atoms with Crippen molar-refractivity contribution in [3.63, 3.8) is 0 Å². The third-order valence-corrected chi connectivity index (χ3v) is 5.79. The van der Waals surface area contributed by atoms with Gasteiger partial charge in [-0.3, -0.25) is 4.68 Å². The molecule has 0 fully saturated rings. The lowest BCUT2D eigenvalue weighted by molar-refractivity contribution is 0.191. The summed E-state index contributed by atoms with van der Waals surface area (Å²) in [7, 11) is 3.71. The average Bonchev–Trinajstić information content (AvgIpc) is 3.07. The molecule has 24 heavy (non-hydrogen) atoms. The van der Waals surface area contributed by atoms with Gasteiger partial charge in [0, 0.05) is 30.7 Å². The van der Waals surface area contributed by atoms with Gasteiger partial charge in [0.2, 0.25) is 0 Å². The van der Waals surface area contributed by atoms with Crippen LogP contribution in [0.5, 0.6) is 0 Å². The second-order valence-electron chi connectivity index (χ2n) is 6.21. The van der Waals surface area contributed by atoms with Crippen molar-refractivity contribution in [3.8, 4) is 0 Å². The number of nitrogens with one attached hydrogen (secondary N) is 1. The first-order valence-corrected chi connectivity index (χ1v) is 9.05. The fourth-order valence-corrected chi connectivity index (χ4v) is 3.87. The highest BCUT2D eigenvalue weighted by Crippen LogP contribution is 2.29. The second-order valence-corrected chi connectivity index (χ2v) is 7.33. The van der Waals surface area contributed by atoms with E-state index in [-0.39, 0.29) is 18.1 Å². The van der Waals surface area contributed by atoms with Gasteiger partial charge in [-0.25, -0.2) is 9.78 Å². The van der Waals surface area contributed by atoms with E-state index >= 15 is 0 Å². The SMILES string of the molecule is CCc1nc(C)c([C@H](C)N(C)C(=O)N[C@H](C)c2cn(C)nc2C)s1. The molecule has 2 heterocycles. The van der Waals surface area contributed by atoms with E-state index in [0.717, 1.165) is 33.3 Å². The third-order valence-electron chi connectivity index (χ3n) is 4.32. The topological polar surface area (TPSA) is 63.1 Å². The second kappa shape index (κ2) is 7.34. The maximum atomic E-state index is 12.6. The van der Waals surface area contributed by atoms with Crippen LogP contribution in [0.1, 0.15) is 59.7 Å². The number of nitrogens with zero attached hydrogens (tertiary/aromatic N) is 4. The lowest BCUT2D eigenvalue weighted by Crippen LogP contribution is -2.40.